The Morgan fingerprint density at radius 3 is 2.60 bits per heavy atom. The smallest absolute Gasteiger partial charge is 0.255 e. The van der Waals surface area contributed by atoms with Gasteiger partial charge in [-0.25, -0.2) is 4.98 Å². The molecule has 2 aromatic rings. The SMILES string of the molecule is Cc1cc(=O)n(CC(=O)N(C)c2ccccc2)c(N2CCOCC2)n1. The number of aromatic nitrogens is 2. The number of rotatable bonds is 4. The van der Waals surface area contributed by atoms with Crippen molar-refractivity contribution in [3.05, 3.63) is 52.4 Å². The number of hydrogen-bond acceptors (Lipinski definition) is 5. The standard InChI is InChI=1S/C18H22N4O3/c1-14-12-16(23)22(18(19-14)21-8-10-25-11-9-21)13-17(24)20(2)15-6-4-3-5-7-15/h3-7,12H,8-11,13H2,1-2H3. The average Bonchev–Trinajstić information content (AvgIpc) is 2.64. The highest BCUT2D eigenvalue weighted by molar-refractivity contribution is 5.92. The van der Waals surface area contributed by atoms with Crippen molar-refractivity contribution in [1.82, 2.24) is 9.55 Å². The molecule has 1 fully saturated rings. The summed E-state index contributed by atoms with van der Waals surface area (Å²) in [7, 11) is 1.71. The van der Waals surface area contributed by atoms with Crippen LogP contribution in [0, 0.1) is 6.92 Å². The molecule has 0 N–H and O–H groups in total. The number of ether oxygens (including phenoxy) is 1. The van der Waals surface area contributed by atoms with E-state index < -0.39 is 0 Å². The Hall–Kier alpha value is -2.67. The van der Waals surface area contributed by atoms with E-state index in [0.29, 0.717) is 37.9 Å². The van der Waals surface area contributed by atoms with Gasteiger partial charge in [0.05, 0.1) is 13.2 Å². The molecule has 0 atom stereocenters. The number of likely N-dealkylation sites (N-methyl/N-ethyl adjacent to an activating group) is 1. The molecule has 1 aliphatic rings. The molecular formula is C18H22N4O3. The van der Waals surface area contributed by atoms with Crippen LogP contribution in [-0.2, 0) is 16.1 Å². The Bertz CT molecular complexity index is 798. The lowest BCUT2D eigenvalue weighted by Gasteiger charge is -2.30. The highest BCUT2D eigenvalue weighted by Gasteiger charge is 2.21. The van der Waals surface area contributed by atoms with Gasteiger partial charge in [-0.3, -0.25) is 14.2 Å². The fourth-order valence-electron chi connectivity index (χ4n) is 2.80. The first kappa shape index (κ1) is 17.2. The molecule has 7 heteroatoms. The molecule has 1 saturated heterocycles. The lowest BCUT2D eigenvalue weighted by molar-refractivity contribution is -0.118. The predicted octanol–water partition coefficient (Wildman–Crippen LogP) is 1.05. The first-order chi connectivity index (χ1) is 12.1. The lowest BCUT2D eigenvalue weighted by atomic mass is 10.3. The van der Waals surface area contributed by atoms with Crippen molar-refractivity contribution in [3.63, 3.8) is 0 Å². The number of hydrogen-bond donors (Lipinski definition) is 0. The van der Waals surface area contributed by atoms with Crippen molar-refractivity contribution in [3.8, 4) is 0 Å². The van der Waals surface area contributed by atoms with Crippen LogP contribution < -0.4 is 15.4 Å². The van der Waals surface area contributed by atoms with E-state index in [9.17, 15) is 9.59 Å². The van der Waals surface area contributed by atoms with Crippen LogP contribution in [0.1, 0.15) is 5.69 Å². The minimum atomic E-state index is -0.219. The summed E-state index contributed by atoms with van der Waals surface area (Å²) in [4.78, 5) is 33.2. The molecule has 2 heterocycles. The Morgan fingerprint density at radius 1 is 1.24 bits per heavy atom. The molecule has 1 aromatic heterocycles. The van der Waals surface area contributed by atoms with Gasteiger partial charge < -0.3 is 14.5 Å². The van der Waals surface area contributed by atoms with Crippen LogP contribution in [0.2, 0.25) is 0 Å². The fourth-order valence-corrected chi connectivity index (χ4v) is 2.80. The molecule has 3 rings (SSSR count). The van der Waals surface area contributed by atoms with Crippen LogP contribution in [0.4, 0.5) is 11.6 Å². The maximum absolute atomic E-state index is 12.7. The highest BCUT2D eigenvalue weighted by atomic mass is 16.5. The molecule has 132 valence electrons. The van der Waals surface area contributed by atoms with E-state index >= 15 is 0 Å². The Labute approximate surface area is 146 Å². The minimum absolute atomic E-state index is 0.0514. The van der Waals surface area contributed by atoms with Gasteiger partial charge in [0, 0.05) is 37.6 Å². The molecular weight excluding hydrogens is 320 g/mol. The zero-order valence-corrected chi connectivity index (χ0v) is 14.5. The van der Waals surface area contributed by atoms with Crippen LogP contribution in [-0.4, -0.2) is 48.8 Å². The van der Waals surface area contributed by atoms with Gasteiger partial charge in [-0.15, -0.1) is 0 Å². The summed E-state index contributed by atoms with van der Waals surface area (Å²) in [5, 5.41) is 0. The lowest BCUT2D eigenvalue weighted by Crippen LogP contribution is -2.42. The quantitative estimate of drug-likeness (QED) is 0.831. The van der Waals surface area contributed by atoms with Crippen molar-refractivity contribution < 1.29 is 9.53 Å². The topological polar surface area (TPSA) is 67.7 Å². The predicted molar refractivity (Wildman–Crippen MR) is 96.1 cm³/mol. The van der Waals surface area contributed by atoms with E-state index in [1.807, 2.05) is 35.2 Å². The van der Waals surface area contributed by atoms with E-state index in [-0.39, 0.29) is 18.0 Å². The van der Waals surface area contributed by atoms with E-state index in [4.69, 9.17) is 4.74 Å². The molecule has 25 heavy (non-hydrogen) atoms. The van der Waals surface area contributed by atoms with Gasteiger partial charge in [0.25, 0.3) is 5.56 Å². The van der Waals surface area contributed by atoms with Crippen LogP contribution in [0.15, 0.2) is 41.2 Å². The first-order valence-electron chi connectivity index (χ1n) is 8.29. The largest absolute Gasteiger partial charge is 0.378 e. The molecule has 1 aliphatic heterocycles. The van der Waals surface area contributed by atoms with Crippen molar-refractivity contribution >= 4 is 17.5 Å². The maximum atomic E-state index is 12.7. The Morgan fingerprint density at radius 2 is 1.92 bits per heavy atom. The summed E-state index contributed by atoms with van der Waals surface area (Å²) in [6, 6.07) is 10.8. The second kappa shape index (κ2) is 7.48. The number of carbonyl (C=O) groups is 1. The minimum Gasteiger partial charge on any atom is -0.378 e. The summed E-state index contributed by atoms with van der Waals surface area (Å²) in [5.74, 6) is 0.358. The zero-order valence-electron chi connectivity index (χ0n) is 14.5. The van der Waals surface area contributed by atoms with Gasteiger partial charge in [-0.05, 0) is 19.1 Å². The van der Waals surface area contributed by atoms with E-state index in [0.717, 1.165) is 5.69 Å². The van der Waals surface area contributed by atoms with Gasteiger partial charge in [0.15, 0.2) is 0 Å². The molecule has 1 amide bonds. The molecule has 1 aromatic carbocycles. The average molecular weight is 342 g/mol. The molecule has 7 nitrogen and oxygen atoms in total. The first-order valence-corrected chi connectivity index (χ1v) is 8.29. The molecule has 0 saturated carbocycles. The number of benzene rings is 1. The van der Waals surface area contributed by atoms with Gasteiger partial charge in [0.1, 0.15) is 6.54 Å². The zero-order chi connectivity index (χ0) is 17.8. The van der Waals surface area contributed by atoms with E-state index in [1.165, 1.54) is 10.6 Å². The summed E-state index contributed by atoms with van der Waals surface area (Å²) in [5.41, 5.74) is 1.21. The highest BCUT2D eigenvalue weighted by Crippen LogP contribution is 2.15. The van der Waals surface area contributed by atoms with Gasteiger partial charge in [0.2, 0.25) is 11.9 Å². The van der Waals surface area contributed by atoms with Crippen LogP contribution in [0.25, 0.3) is 0 Å². The summed E-state index contributed by atoms with van der Waals surface area (Å²) < 4.78 is 6.81. The molecule has 0 radical (unpaired) electrons. The Kier molecular flexibility index (Phi) is 5.14. The fraction of sp³-hybridized carbons (Fsp3) is 0.389. The normalized spacial score (nSPS) is 14.4. The maximum Gasteiger partial charge on any atom is 0.255 e. The number of anilines is 2. The molecule has 0 unspecified atom stereocenters. The third kappa shape index (κ3) is 3.88. The number of para-hydroxylation sites is 1. The number of aryl methyl sites for hydroxylation is 1. The van der Waals surface area contributed by atoms with E-state index in [2.05, 4.69) is 4.98 Å². The third-order valence-electron chi connectivity index (χ3n) is 4.22. The van der Waals surface area contributed by atoms with Crippen molar-refractivity contribution in [1.29, 1.82) is 0 Å². The van der Waals surface area contributed by atoms with Crippen LogP contribution in [0.3, 0.4) is 0 Å². The second-order valence-electron chi connectivity index (χ2n) is 6.01. The third-order valence-corrected chi connectivity index (χ3v) is 4.22. The van der Waals surface area contributed by atoms with Crippen LogP contribution in [0.5, 0.6) is 0 Å². The Balaban J connectivity index is 1.88. The summed E-state index contributed by atoms with van der Waals surface area (Å²) >= 11 is 0. The summed E-state index contributed by atoms with van der Waals surface area (Å²) in [6.45, 7) is 4.21. The van der Waals surface area contributed by atoms with E-state index in [1.54, 1.807) is 18.9 Å². The van der Waals surface area contributed by atoms with Crippen molar-refractivity contribution in [2.45, 2.75) is 13.5 Å². The monoisotopic (exact) mass is 342 g/mol. The van der Waals surface area contributed by atoms with Gasteiger partial charge >= 0.3 is 0 Å². The number of morpholine rings is 1. The molecule has 0 aliphatic carbocycles. The van der Waals surface area contributed by atoms with Gasteiger partial charge in [-0.2, -0.15) is 0 Å². The van der Waals surface area contributed by atoms with Crippen LogP contribution >= 0.6 is 0 Å². The number of amides is 1. The molecule has 0 bridgehead atoms. The van der Waals surface area contributed by atoms with Crippen molar-refractivity contribution in [2.24, 2.45) is 0 Å². The summed E-state index contributed by atoms with van der Waals surface area (Å²) in [6.07, 6.45) is 0. The second-order valence-corrected chi connectivity index (χ2v) is 6.01. The van der Waals surface area contributed by atoms with Crippen molar-refractivity contribution in [2.75, 3.05) is 43.2 Å². The van der Waals surface area contributed by atoms with Gasteiger partial charge in [-0.1, -0.05) is 18.2 Å². The number of nitrogens with zero attached hydrogens (tertiary/aromatic N) is 4. The number of carbonyl (C=O) groups excluding carboxylic acids is 1. The molecule has 0 spiro atoms.